The van der Waals surface area contributed by atoms with Crippen molar-refractivity contribution in [2.24, 2.45) is 5.92 Å². The van der Waals surface area contributed by atoms with Crippen LogP contribution in [0.25, 0.3) is 16.9 Å². The molecule has 38 heavy (non-hydrogen) atoms. The molecule has 7 heteroatoms. The zero-order valence-electron chi connectivity index (χ0n) is 22.2. The van der Waals surface area contributed by atoms with Gasteiger partial charge in [0, 0.05) is 43.4 Å². The Morgan fingerprint density at radius 3 is 2.55 bits per heavy atom. The predicted octanol–water partition coefficient (Wildman–Crippen LogP) is 5.54. The highest BCUT2D eigenvalue weighted by Crippen LogP contribution is 2.25. The molecule has 4 rings (SSSR count). The summed E-state index contributed by atoms with van der Waals surface area (Å²) in [6.45, 7) is 7.67. The van der Waals surface area contributed by atoms with Crippen LogP contribution in [0.3, 0.4) is 0 Å². The lowest BCUT2D eigenvalue weighted by Gasteiger charge is -2.18. The van der Waals surface area contributed by atoms with E-state index in [9.17, 15) is 14.9 Å². The maximum absolute atomic E-state index is 13.2. The van der Waals surface area contributed by atoms with Crippen LogP contribution < -0.4 is 10.1 Å². The molecule has 0 unspecified atom stereocenters. The number of pyridine rings is 1. The van der Waals surface area contributed by atoms with E-state index in [-0.39, 0.29) is 30.1 Å². The molecule has 194 valence electrons. The van der Waals surface area contributed by atoms with Crippen LogP contribution in [0.4, 0.5) is 0 Å². The minimum Gasteiger partial charge on any atom is -0.490 e. The first-order valence-corrected chi connectivity index (χ1v) is 12.8. The Balaban J connectivity index is 1.49. The van der Waals surface area contributed by atoms with Gasteiger partial charge in [-0.15, -0.1) is 0 Å². The number of aryl methyl sites for hydroxylation is 1. The van der Waals surface area contributed by atoms with Gasteiger partial charge in [0.1, 0.15) is 17.5 Å². The van der Waals surface area contributed by atoms with E-state index in [0.29, 0.717) is 29.8 Å². The smallest absolute Gasteiger partial charge is 0.216 e. The van der Waals surface area contributed by atoms with Crippen LogP contribution >= 0.6 is 0 Å². The highest BCUT2D eigenvalue weighted by Gasteiger charge is 2.19. The Bertz CT molecular complexity index is 1500. The van der Waals surface area contributed by atoms with Crippen LogP contribution in [-0.2, 0) is 11.2 Å². The molecule has 0 saturated carbocycles. The zero-order chi connectivity index (χ0) is 27.2. The molecule has 4 aromatic rings. The van der Waals surface area contributed by atoms with Crippen molar-refractivity contribution in [3.63, 3.8) is 0 Å². The molecule has 2 heterocycles. The third-order valence-electron chi connectivity index (χ3n) is 6.35. The minimum atomic E-state index is -0.137. The molecule has 2 aromatic carbocycles. The van der Waals surface area contributed by atoms with Gasteiger partial charge in [-0.25, -0.2) is 4.98 Å². The number of ether oxygens (including phenoxy) is 1. The first kappa shape index (κ1) is 26.6. The second kappa shape index (κ2) is 11.7. The largest absolute Gasteiger partial charge is 0.490 e. The van der Waals surface area contributed by atoms with Crippen molar-refractivity contribution in [3.8, 4) is 23.1 Å². The molecule has 2 aromatic heterocycles. The van der Waals surface area contributed by atoms with Gasteiger partial charge in [0.05, 0.1) is 17.4 Å². The van der Waals surface area contributed by atoms with Crippen molar-refractivity contribution < 1.29 is 14.3 Å². The van der Waals surface area contributed by atoms with Crippen molar-refractivity contribution in [2.75, 3.05) is 6.54 Å². The molecule has 0 radical (unpaired) electrons. The van der Waals surface area contributed by atoms with Crippen molar-refractivity contribution in [2.45, 2.75) is 46.6 Å². The summed E-state index contributed by atoms with van der Waals surface area (Å²) in [5.41, 5.74) is 5.82. The monoisotopic (exact) mass is 508 g/mol. The van der Waals surface area contributed by atoms with Crippen molar-refractivity contribution in [3.05, 3.63) is 89.2 Å². The van der Waals surface area contributed by atoms with Crippen LogP contribution in [0.2, 0.25) is 0 Å². The number of carbonyl (C=O) groups is 2. The quantitative estimate of drug-likeness (QED) is 0.284. The molecule has 0 fully saturated rings. The number of Topliss-reactive ketones (excluding diaryl/α,β-unsaturated/α-hetero) is 1. The molecular weight excluding hydrogens is 476 g/mol. The van der Waals surface area contributed by atoms with E-state index in [1.54, 1.807) is 18.2 Å². The maximum atomic E-state index is 13.2. The Kier molecular flexibility index (Phi) is 8.22. The number of rotatable bonds is 10. The zero-order valence-corrected chi connectivity index (χ0v) is 22.2. The topological polar surface area (TPSA) is 96.5 Å². The fourth-order valence-electron chi connectivity index (χ4n) is 4.47. The SMILES string of the molecule is CC(=O)NC[C@@H](CC(=O)c1ccc(OC(C)C)c(C#N)c1)Cc1ccc(-c2cn3cccc(C)c3n2)cc1. The molecule has 0 aliphatic carbocycles. The molecule has 0 bridgehead atoms. The fraction of sp³-hybridized carbons (Fsp3) is 0.290. The number of carbonyl (C=O) groups excluding carboxylic acids is 2. The third kappa shape index (κ3) is 6.46. The van der Waals surface area contributed by atoms with E-state index >= 15 is 0 Å². The number of ketones is 1. The lowest BCUT2D eigenvalue weighted by molar-refractivity contribution is -0.119. The molecule has 0 saturated heterocycles. The maximum Gasteiger partial charge on any atom is 0.216 e. The summed E-state index contributed by atoms with van der Waals surface area (Å²) in [5, 5.41) is 12.4. The van der Waals surface area contributed by atoms with Crippen LogP contribution in [0.5, 0.6) is 5.75 Å². The van der Waals surface area contributed by atoms with Crippen LogP contribution in [-0.4, -0.2) is 33.7 Å². The summed E-state index contributed by atoms with van der Waals surface area (Å²) in [5.74, 6) is 0.147. The lowest BCUT2D eigenvalue weighted by atomic mass is 9.91. The van der Waals surface area contributed by atoms with E-state index in [2.05, 4.69) is 11.4 Å². The summed E-state index contributed by atoms with van der Waals surface area (Å²) >= 11 is 0. The highest BCUT2D eigenvalue weighted by atomic mass is 16.5. The molecular formula is C31H32N4O3. The van der Waals surface area contributed by atoms with Gasteiger partial charge in [0.25, 0.3) is 0 Å². The number of hydrogen-bond acceptors (Lipinski definition) is 5. The Hall–Kier alpha value is -4.44. The predicted molar refractivity (Wildman–Crippen MR) is 147 cm³/mol. The standard InChI is InChI=1S/C31H32N4O3/c1-20(2)38-30-12-11-26(16-27(30)17-32)29(37)15-24(18-33-22(4)36)14-23-7-9-25(10-8-23)28-19-35-13-5-6-21(3)31(35)34-28/h5-13,16,19-20,24H,14-15,18H2,1-4H3,(H,33,36)/t24-/m1/s1. The normalized spacial score (nSPS) is 11.8. The molecule has 0 aliphatic rings. The molecule has 1 amide bonds. The van der Waals surface area contributed by atoms with Gasteiger partial charge >= 0.3 is 0 Å². The average molecular weight is 509 g/mol. The van der Waals surface area contributed by atoms with Gasteiger partial charge in [-0.2, -0.15) is 5.26 Å². The second-order valence-electron chi connectivity index (χ2n) is 9.87. The minimum absolute atomic E-state index is 0.0751. The molecule has 1 N–H and O–H groups in total. The van der Waals surface area contributed by atoms with E-state index in [1.807, 2.05) is 74.0 Å². The molecule has 0 spiro atoms. The first-order valence-electron chi connectivity index (χ1n) is 12.8. The van der Waals surface area contributed by atoms with Gasteiger partial charge in [-0.05, 0) is 68.5 Å². The Morgan fingerprint density at radius 1 is 1.13 bits per heavy atom. The first-order chi connectivity index (χ1) is 18.2. The van der Waals surface area contributed by atoms with Crippen molar-refractivity contribution >= 4 is 17.3 Å². The van der Waals surface area contributed by atoms with Gasteiger partial charge in [-0.3, -0.25) is 9.59 Å². The Labute approximate surface area is 223 Å². The van der Waals surface area contributed by atoms with Crippen molar-refractivity contribution in [1.82, 2.24) is 14.7 Å². The van der Waals surface area contributed by atoms with Crippen molar-refractivity contribution in [1.29, 1.82) is 5.26 Å². The average Bonchev–Trinajstić information content (AvgIpc) is 3.33. The van der Waals surface area contributed by atoms with E-state index in [4.69, 9.17) is 9.72 Å². The van der Waals surface area contributed by atoms with Crippen LogP contribution in [0.1, 0.15) is 54.2 Å². The number of benzene rings is 2. The lowest BCUT2D eigenvalue weighted by Crippen LogP contribution is -2.29. The van der Waals surface area contributed by atoms with Crippen LogP contribution in [0, 0.1) is 24.2 Å². The fourth-order valence-corrected chi connectivity index (χ4v) is 4.47. The van der Waals surface area contributed by atoms with E-state index in [1.165, 1.54) is 6.92 Å². The number of imidazole rings is 1. The number of hydrogen-bond donors (Lipinski definition) is 1. The summed E-state index contributed by atoms with van der Waals surface area (Å²) < 4.78 is 7.69. The molecule has 7 nitrogen and oxygen atoms in total. The van der Waals surface area contributed by atoms with Gasteiger partial charge in [0.2, 0.25) is 5.91 Å². The molecule has 0 aliphatic heterocycles. The number of nitrogens with zero attached hydrogens (tertiary/aromatic N) is 3. The third-order valence-corrected chi connectivity index (χ3v) is 6.35. The number of fused-ring (bicyclic) bond motifs is 1. The van der Waals surface area contributed by atoms with E-state index in [0.717, 1.165) is 28.0 Å². The number of nitriles is 1. The number of amides is 1. The highest BCUT2D eigenvalue weighted by molar-refractivity contribution is 5.96. The number of nitrogens with one attached hydrogen (secondary N) is 1. The summed E-state index contributed by atoms with van der Waals surface area (Å²) in [6, 6.07) is 19.3. The summed E-state index contributed by atoms with van der Waals surface area (Å²) in [4.78, 5) is 29.5. The number of aromatic nitrogens is 2. The summed E-state index contributed by atoms with van der Waals surface area (Å²) in [7, 11) is 0. The molecule has 1 atom stereocenters. The van der Waals surface area contributed by atoms with Gasteiger partial charge in [0.15, 0.2) is 5.78 Å². The van der Waals surface area contributed by atoms with E-state index < -0.39 is 0 Å². The van der Waals surface area contributed by atoms with Crippen LogP contribution in [0.15, 0.2) is 67.0 Å². The Morgan fingerprint density at radius 2 is 1.89 bits per heavy atom. The second-order valence-corrected chi connectivity index (χ2v) is 9.87. The summed E-state index contributed by atoms with van der Waals surface area (Å²) in [6.07, 6.45) is 4.79. The van der Waals surface area contributed by atoms with Gasteiger partial charge in [-0.1, -0.05) is 30.3 Å². The van der Waals surface area contributed by atoms with Gasteiger partial charge < -0.3 is 14.5 Å².